The highest BCUT2D eigenvalue weighted by Gasteiger charge is 2.40. The van der Waals surface area contributed by atoms with Gasteiger partial charge in [-0.2, -0.15) is 0 Å². The molecule has 2 atom stereocenters. The molecular formula is C21H24N6O. The maximum Gasteiger partial charge on any atom is 0.169 e. The molecule has 2 unspecified atom stereocenters. The summed E-state index contributed by atoms with van der Waals surface area (Å²) in [5.74, 6) is 0.639. The molecule has 28 heavy (non-hydrogen) atoms. The van der Waals surface area contributed by atoms with Crippen LogP contribution in [0.25, 0.3) is 11.3 Å². The number of nitrogen functional groups attached to an aromatic ring is 1. The first kappa shape index (κ1) is 17.1. The van der Waals surface area contributed by atoms with E-state index in [0.717, 1.165) is 25.3 Å². The van der Waals surface area contributed by atoms with Crippen LogP contribution in [0.3, 0.4) is 0 Å². The van der Waals surface area contributed by atoms with Crippen molar-refractivity contribution in [3.63, 3.8) is 0 Å². The Morgan fingerprint density at radius 3 is 2.57 bits per heavy atom. The van der Waals surface area contributed by atoms with Crippen molar-refractivity contribution in [2.75, 3.05) is 23.7 Å². The number of nitrogens with one attached hydrogen (secondary N) is 1. The minimum absolute atomic E-state index is 0.198. The Bertz CT molecular complexity index is 959. The molecule has 4 heterocycles. The van der Waals surface area contributed by atoms with Gasteiger partial charge in [-0.3, -0.25) is 4.90 Å². The first-order chi connectivity index (χ1) is 13.7. The summed E-state index contributed by atoms with van der Waals surface area (Å²) >= 11 is 0. The van der Waals surface area contributed by atoms with Gasteiger partial charge in [-0.05, 0) is 43.2 Å². The number of aromatic hydroxyl groups is 1. The summed E-state index contributed by atoms with van der Waals surface area (Å²) in [6.45, 7) is 2.81. The normalized spacial score (nSPS) is 21.9. The maximum absolute atomic E-state index is 10.2. The van der Waals surface area contributed by atoms with Crippen molar-refractivity contribution in [1.29, 1.82) is 0 Å². The van der Waals surface area contributed by atoms with Crippen LogP contribution >= 0.6 is 0 Å². The maximum atomic E-state index is 10.2. The Morgan fingerprint density at radius 2 is 1.86 bits per heavy atom. The molecule has 0 saturated carbocycles. The van der Waals surface area contributed by atoms with Crippen molar-refractivity contribution in [3.8, 4) is 17.0 Å². The van der Waals surface area contributed by atoms with E-state index in [2.05, 4.69) is 37.1 Å². The van der Waals surface area contributed by atoms with Crippen molar-refractivity contribution in [2.24, 2.45) is 0 Å². The lowest BCUT2D eigenvalue weighted by molar-refractivity contribution is 0.159. The number of benzene rings is 1. The molecule has 3 aromatic rings. The Morgan fingerprint density at radius 1 is 1.07 bits per heavy atom. The number of nitrogens with two attached hydrogens (primary N) is 1. The quantitative estimate of drug-likeness (QED) is 0.648. The van der Waals surface area contributed by atoms with E-state index in [0.29, 0.717) is 29.2 Å². The van der Waals surface area contributed by atoms with E-state index in [9.17, 15) is 5.11 Å². The number of para-hydroxylation sites is 1. The van der Waals surface area contributed by atoms with Crippen LogP contribution in [0.4, 0.5) is 11.5 Å². The fraction of sp³-hybridized carbons (Fsp3) is 0.333. The van der Waals surface area contributed by atoms with Crippen LogP contribution in [-0.4, -0.2) is 50.4 Å². The third kappa shape index (κ3) is 2.97. The monoisotopic (exact) mass is 376 g/mol. The number of H-pyrrole nitrogens is 1. The zero-order chi connectivity index (χ0) is 19.1. The lowest BCUT2D eigenvalue weighted by atomic mass is 10.1. The highest BCUT2D eigenvalue weighted by Crippen LogP contribution is 2.37. The first-order valence-corrected chi connectivity index (χ1v) is 9.73. The topological polar surface area (TPSA) is 94.3 Å². The smallest absolute Gasteiger partial charge is 0.169 e. The molecule has 2 aromatic heterocycles. The molecular weight excluding hydrogens is 352 g/mol. The molecule has 1 aromatic carbocycles. The van der Waals surface area contributed by atoms with Crippen molar-refractivity contribution in [1.82, 2.24) is 20.1 Å². The number of hydrogen-bond acceptors (Lipinski definition) is 6. The van der Waals surface area contributed by atoms with Gasteiger partial charge in [0.1, 0.15) is 5.75 Å². The fourth-order valence-corrected chi connectivity index (χ4v) is 4.57. The summed E-state index contributed by atoms with van der Waals surface area (Å²) < 4.78 is 0. The molecule has 2 aliphatic heterocycles. The molecule has 4 N–H and O–H groups in total. The van der Waals surface area contributed by atoms with Crippen LogP contribution in [0.2, 0.25) is 0 Å². The van der Waals surface area contributed by atoms with Crippen LogP contribution < -0.4 is 10.6 Å². The second kappa shape index (κ2) is 6.83. The van der Waals surface area contributed by atoms with Crippen LogP contribution in [0.1, 0.15) is 18.5 Å². The number of anilines is 2. The number of piperazine rings is 1. The minimum Gasteiger partial charge on any atom is -0.507 e. The van der Waals surface area contributed by atoms with E-state index in [4.69, 9.17) is 5.73 Å². The summed E-state index contributed by atoms with van der Waals surface area (Å²) in [5.41, 5.74) is 9.68. The number of aromatic nitrogens is 3. The van der Waals surface area contributed by atoms with Crippen molar-refractivity contribution in [3.05, 3.63) is 54.4 Å². The number of phenolic OH excluding ortho intramolecular Hbond substituents is 1. The predicted molar refractivity (Wildman–Crippen MR) is 109 cm³/mol. The van der Waals surface area contributed by atoms with Crippen LogP contribution in [0.5, 0.6) is 5.75 Å². The molecule has 0 radical (unpaired) electrons. The number of fused-ring (bicyclic) bond motifs is 2. The van der Waals surface area contributed by atoms with Crippen molar-refractivity contribution < 1.29 is 5.11 Å². The van der Waals surface area contributed by atoms with E-state index in [1.54, 1.807) is 12.1 Å². The molecule has 7 nitrogen and oxygen atoms in total. The zero-order valence-corrected chi connectivity index (χ0v) is 15.6. The minimum atomic E-state index is 0.198. The second-order valence-corrected chi connectivity index (χ2v) is 7.67. The number of phenols is 1. The van der Waals surface area contributed by atoms with Gasteiger partial charge in [0.2, 0.25) is 0 Å². The van der Waals surface area contributed by atoms with Crippen LogP contribution in [-0.2, 0) is 6.54 Å². The van der Waals surface area contributed by atoms with Gasteiger partial charge in [0.15, 0.2) is 5.82 Å². The molecule has 7 heteroatoms. The molecule has 144 valence electrons. The van der Waals surface area contributed by atoms with E-state index in [-0.39, 0.29) is 5.75 Å². The third-order valence-electron chi connectivity index (χ3n) is 5.97. The summed E-state index contributed by atoms with van der Waals surface area (Å²) in [6, 6.07) is 14.3. The van der Waals surface area contributed by atoms with E-state index in [1.807, 2.05) is 24.4 Å². The van der Waals surface area contributed by atoms with Crippen molar-refractivity contribution >= 4 is 11.5 Å². The van der Waals surface area contributed by atoms with E-state index in [1.165, 1.54) is 18.5 Å². The third-order valence-corrected chi connectivity index (χ3v) is 5.97. The Hall–Kier alpha value is -3.06. The largest absolute Gasteiger partial charge is 0.507 e. The van der Waals surface area contributed by atoms with Gasteiger partial charge in [0.25, 0.3) is 0 Å². The highest BCUT2D eigenvalue weighted by molar-refractivity contribution is 5.74. The second-order valence-electron chi connectivity index (χ2n) is 7.67. The van der Waals surface area contributed by atoms with Gasteiger partial charge in [-0.15, -0.1) is 10.2 Å². The molecule has 0 amide bonds. The SMILES string of the molecule is Nc1nnc(-c2ccccc2O)cc1N1CC2CCC(C1)N2Cc1ccc[nH]1. The van der Waals surface area contributed by atoms with Gasteiger partial charge in [0, 0.05) is 49.2 Å². The average molecular weight is 376 g/mol. The molecule has 2 fully saturated rings. The van der Waals surface area contributed by atoms with Crippen molar-refractivity contribution in [2.45, 2.75) is 31.5 Å². The van der Waals surface area contributed by atoms with Gasteiger partial charge in [-0.1, -0.05) is 12.1 Å². The fourth-order valence-electron chi connectivity index (χ4n) is 4.57. The lowest BCUT2D eigenvalue weighted by Gasteiger charge is -2.42. The van der Waals surface area contributed by atoms with E-state index >= 15 is 0 Å². The van der Waals surface area contributed by atoms with Gasteiger partial charge in [-0.25, -0.2) is 0 Å². The number of hydrogen-bond donors (Lipinski definition) is 3. The summed E-state index contributed by atoms with van der Waals surface area (Å²) in [4.78, 5) is 8.26. The molecule has 2 aliphatic rings. The number of nitrogens with zero attached hydrogens (tertiary/aromatic N) is 4. The highest BCUT2D eigenvalue weighted by atomic mass is 16.3. The number of rotatable bonds is 4. The standard InChI is InChI=1S/C21H24N6O/c22-21-19(10-18(24-25-21)17-5-1-2-6-20(17)28)26-12-15-7-8-16(13-26)27(15)11-14-4-3-9-23-14/h1-6,9-10,15-16,23,28H,7-8,11-13H2,(H2,22,25). The first-order valence-electron chi connectivity index (χ1n) is 9.73. The van der Waals surface area contributed by atoms with Gasteiger partial charge >= 0.3 is 0 Å². The van der Waals surface area contributed by atoms with Gasteiger partial charge < -0.3 is 20.7 Å². The average Bonchev–Trinajstić information content (AvgIpc) is 3.28. The summed E-state index contributed by atoms with van der Waals surface area (Å²) in [6.07, 6.45) is 4.39. The Kier molecular flexibility index (Phi) is 4.16. The number of aromatic amines is 1. The zero-order valence-electron chi connectivity index (χ0n) is 15.6. The van der Waals surface area contributed by atoms with E-state index < -0.39 is 0 Å². The van der Waals surface area contributed by atoms with Gasteiger partial charge in [0.05, 0.1) is 11.4 Å². The molecule has 2 bridgehead atoms. The molecule has 0 spiro atoms. The molecule has 0 aliphatic carbocycles. The summed E-state index contributed by atoms with van der Waals surface area (Å²) in [5, 5.41) is 18.5. The molecule has 5 rings (SSSR count). The predicted octanol–water partition coefficient (Wildman–Crippen LogP) is 2.61. The lowest BCUT2D eigenvalue weighted by Crippen LogP contribution is -2.53. The van der Waals surface area contributed by atoms with Crippen LogP contribution in [0, 0.1) is 0 Å². The van der Waals surface area contributed by atoms with Crippen LogP contribution in [0.15, 0.2) is 48.7 Å². The summed E-state index contributed by atoms with van der Waals surface area (Å²) in [7, 11) is 0. The Balaban J connectivity index is 1.40. The molecule has 2 saturated heterocycles. The Labute approximate surface area is 163 Å².